The fraction of sp³-hybridized carbons (Fsp3) is 0.684. The largest absolute Gasteiger partial charge is 0.480 e. The zero-order chi connectivity index (χ0) is 26.3. The molecule has 4 atom stereocenters. The molecule has 14 N–H and O–H groups in total. The summed E-state index contributed by atoms with van der Waals surface area (Å²) in [4.78, 5) is 63.5. The SMILES string of the molecule is CC(NC(=O)C(CCCN=C(N)N)NC(=O)C(N)CCCCN)C(=O)NC(CC(N)=O)C(=O)O. The number of primary amides is 1. The molecule has 0 aliphatic carbocycles. The van der Waals surface area contributed by atoms with Crippen molar-refractivity contribution in [1.29, 1.82) is 0 Å². The van der Waals surface area contributed by atoms with Gasteiger partial charge in [0.05, 0.1) is 12.5 Å². The fourth-order valence-electron chi connectivity index (χ4n) is 2.77. The van der Waals surface area contributed by atoms with Gasteiger partial charge < -0.3 is 49.7 Å². The number of hydrogen-bond donors (Lipinski definition) is 9. The summed E-state index contributed by atoms with van der Waals surface area (Å²) in [7, 11) is 0. The Kier molecular flexibility index (Phi) is 14.6. The Bertz CT molecular complexity index is 742. The maximum absolute atomic E-state index is 12.8. The predicted molar refractivity (Wildman–Crippen MR) is 124 cm³/mol. The van der Waals surface area contributed by atoms with Gasteiger partial charge in [-0.3, -0.25) is 24.2 Å². The third kappa shape index (κ3) is 13.2. The Morgan fingerprint density at radius 2 is 1.47 bits per heavy atom. The van der Waals surface area contributed by atoms with Crippen LogP contribution in [-0.2, 0) is 24.0 Å². The van der Waals surface area contributed by atoms with E-state index in [-0.39, 0.29) is 18.9 Å². The van der Waals surface area contributed by atoms with Crippen molar-refractivity contribution in [3.8, 4) is 0 Å². The Morgan fingerprint density at radius 1 is 0.853 bits per heavy atom. The molecule has 0 saturated heterocycles. The highest BCUT2D eigenvalue weighted by molar-refractivity contribution is 5.94. The lowest BCUT2D eigenvalue weighted by Crippen LogP contribution is -2.56. The molecule has 0 aliphatic rings. The minimum absolute atomic E-state index is 0.124. The lowest BCUT2D eigenvalue weighted by molar-refractivity contribution is -0.143. The zero-order valence-electron chi connectivity index (χ0n) is 19.3. The monoisotopic (exact) mass is 487 g/mol. The third-order valence-corrected chi connectivity index (χ3v) is 4.66. The van der Waals surface area contributed by atoms with Crippen LogP contribution in [0.4, 0.5) is 0 Å². The molecular formula is C19H37N9O6. The summed E-state index contributed by atoms with van der Waals surface area (Å²) in [6.07, 6.45) is 1.56. The molecule has 15 nitrogen and oxygen atoms in total. The second kappa shape index (κ2) is 16.2. The minimum Gasteiger partial charge on any atom is -0.480 e. The summed E-state index contributed by atoms with van der Waals surface area (Å²) < 4.78 is 0. The molecule has 4 unspecified atom stereocenters. The molecule has 0 heterocycles. The van der Waals surface area contributed by atoms with E-state index in [9.17, 15) is 24.0 Å². The van der Waals surface area contributed by atoms with Crippen LogP contribution in [0.2, 0.25) is 0 Å². The number of rotatable bonds is 17. The number of unbranched alkanes of at least 4 members (excludes halogenated alkanes) is 1. The Balaban J connectivity index is 5.17. The average Bonchev–Trinajstić information content (AvgIpc) is 2.74. The lowest BCUT2D eigenvalue weighted by atomic mass is 10.1. The van der Waals surface area contributed by atoms with E-state index in [0.29, 0.717) is 32.2 Å². The number of nitrogens with one attached hydrogen (secondary N) is 3. The first kappa shape index (κ1) is 30.5. The third-order valence-electron chi connectivity index (χ3n) is 4.66. The van der Waals surface area contributed by atoms with Crippen molar-refractivity contribution in [2.24, 2.45) is 33.7 Å². The highest BCUT2D eigenvalue weighted by atomic mass is 16.4. The van der Waals surface area contributed by atoms with Crippen LogP contribution >= 0.6 is 0 Å². The van der Waals surface area contributed by atoms with Gasteiger partial charge in [0.25, 0.3) is 0 Å². The van der Waals surface area contributed by atoms with Crippen molar-refractivity contribution in [2.75, 3.05) is 13.1 Å². The van der Waals surface area contributed by atoms with Gasteiger partial charge in [-0.05, 0) is 39.2 Å². The molecule has 0 aromatic rings. The minimum atomic E-state index is -1.55. The molecule has 0 saturated carbocycles. The molecule has 0 bridgehead atoms. The normalized spacial score (nSPS) is 14.1. The van der Waals surface area contributed by atoms with Gasteiger partial charge in [-0.1, -0.05) is 6.42 Å². The number of aliphatic carboxylic acids is 1. The fourth-order valence-corrected chi connectivity index (χ4v) is 2.77. The van der Waals surface area contributed by atoms with Gasteiger partial charge in [0.2, 0.25) is 23.6 Å². The first-order chi connectivity index (χ1) is 15.9. The van der Waals surface area contributed by atoms with Gasteiger partial charge in [0.15, 0.2) is 5.96 Å². The summed E-state index contributed by atoms with van der Waals surface area (Å²) in [6.45, 7) is 1.98. The number of carbonyl (C=O) groups excluding carboxylic acids is 4. The molecule has 0 aromatic carbocycles. The van der Waals surface area contributed by atoms with Crippen LogP contribution in [0.15, 0.2) is 4.99 Å². The molecule has 15 heteroatoms. The molecular weight excluding hydrogens is 450 g/mol. The first-order valence-corrected chi connectivity index (χ1v) is 10.8. The molecule has 0 aliphatic heterocycles. The summed E-state index contributed by atoms with van der Waals surface area (Å²) in [5.41, 5.74) is 26.8. The van der Waals surface area contributed by atoms with Crippen LogP contribution < -0.4 is 44.6 Å². The van der Waals surface area contributed by atoms with Gasteiger partial charge in [-0.15, -0.1) is 0 Å². The first-order valence-electron chi connectivity index (χ1n) is 10.8. The summed E-state index contributed by atoms with van der Waals surface area (Å²) in [6, 6.07) is -4.65. The highest BCUT2D eigenvalue weighted by Gasteiger charge is 2.28. The Hall–Kier alpha value is -3.46. The van der Waals surface area contributed by atoms with Crippen LogP contribution in [-0.4, -0.2) is 77.9 Å². The molecule has 0 rings (SSSR count). The number of carbonyl (C=O) groups is 5. The van der Waals surface area contributed by atoms with E-state index < -0.39 is 60.2 Å². The van der Waals surface area contributed by atoms with E-state index >= 15 is 0 Å². The van der Waals surface area contributed by atoms with E-state index in [1.54, 1.807) is 0 Å². The van der Waals surface area contributed by atoms with Crippen molar-refractivity contribution >= 4 is 35.6 Å². The molecule has 0 fully saturated rings. The molecule has 0 radical (unpaired) electrons. The summed E-state index contributed by atoms with van der Waals surface area (Å²) >= 11 is 0. The molecule has 4 amide bonds. The number of nitrogens with two attached hydrogens (primary N) is 5. The van der Waals surface area contributed by atoms with Crippen molar-refractivity contribution in [3.63, 3.8) is 0 Å². The van der Waals surface area contributed by atoms with Crippen LogP contribution in [0.1, 0.15) is 45.4 Å². The van der Waals surface area contributed by atoms with Crippen molar-refractivity contribution < 1.29 is 29.1 Å². The van der Waals surface area contributed by atoms with Crippen molar-refractivity contribution in [2.45, 2.75) is 69.6 Å². The van der Waals surface area contributed by atoms with Gasteiger partial charge in [0.1, 0.15) is 18.1 Å². The Morgan fingerprint density at radius 3 is 2.00 bits per heavy atom. The topological polar surface area (TPSA) is 284 Å². The molecule has 194 valence electrons. The van der Waals surface area contributed by atoms with Crippen LogP contribution in [0, 0.1) is 0 Å². The van der Waals surface area contributed by atoms with Crippen molar-refractivity contribution in [3.05, 3.63) is 0 Å². The maximum Gasteiger partial charge on any atom is 0.326 e. The maximum atomic E-state index is 12.8. The quantitative estimate of drug-likeness (QED) is 0.0543. The second-order valence-corrected chi connectivity index (χ2v) is 7.70. The zero-order valence-corrected chi connectivity index (χ0v) is 19.3. The number of aliphatic imine (C=N–C) groups is 1. The summed E-state index contributed by atoms with van der Waals surface area (Å²) in [5.74, 6) is -4.61. The van der Waals surface area contributed by atoms with E-state index in [1.807, 2.05) is 0 Å². The number of amides is 4. The number of carboxylic acids is 1. The van der Waals surface area contributed by atoms with Gasteiger partial charge in [-0.25, -0.2) is 4.79 Å². The number of carboxylic acid groups (broad SMARTS) is 1. The Labute approximate surface area is 197 Å². The number of hydrogen-bond acceptors (Lipinski definition) is 8. The second-order valence-electron chi connectivity index (χ2n) is 7.70. The summed E-state index contributed by atoms with van der Waals surface area (Å²) in [5, 5.41) is 16.2. The van der Waals surface area contributed by atoms with Crippen LogP contribution in [0.25, 0.3) is 0 Å². The highest BCUT2D eigenvalue weighted by Crippen LogP contribution is 2.04. The van der Waals surface area contributed by atoms with E-state index in [0.717, 1.165) is 0 Å². The van der Waals surface area contributed by atoms with Crippen LogP contribution in [0.5, 0.6) is 0 Å². The van der Waals surface area contributed by atoms with Gasteiger partial charge in [0, 0.05) is 6.54 Å². The molecule has 0 aromatic heterocycles. The number of guanidine groups is 1. The smallest absolute Gasteiger partial charge is 0.326 e. The average molecular weight is 488 g/mol. The lowest BCUT2D eigenvalue weighted by Gasteiger charge is -2.23. The van der Waals surface area contributed by atoms with Gasteiger partial charge >= 0.3 is 5.97 Å². The van der Waals surface area contributed by atoms with Crippen LogP contribution in [0.3, 0.4) is 0 Å². The standard InChI is InChI=1S/C19H37N9O6/c1-10(15(30)28-13(18(33)34)9-14(22)29)26-17(32)12(6-4-8-25-19(23)24)27-16(31)11(21)5-2-3-7-20/h10-13H,2-9,20-21H2,1H3,(H2,22,29)(H,26,32)(H,27,31)(H,28,30)(H,33,34)(H4,23,24,25). The van der Waals surface area contributed by atoms with E-state index in [2.05, 4.69) is 20.9 Å². The van der Waals surface area contributed by atoms with E-state index in [1.165, 1.54) is 6.92 Å². The molecule has 0 spiro atoms. The van der Waals surface area contributed by atoms with Crippen molar-refractivity contribution in [1.82, 2.24) is 16.0 Å². The number of nitrogens with zero attached hydrogens (tertiary/aromatic N) is 1. The predicted octanol–water partition coefficient (Wildman–Crippen LogP) is -4.07. The van der Waals surface area contributed by atoms with E-state index in [4.69, 9.17) is 33.8 Å². The molecule has 34 heavy (non-hydrogen) atoms. The van der Waals surface area contributed by atoms with Gasteiger partial charge in [-0.2, -0.15) is 0 Å².